The van der Waals surface area contributed by atoms with Crippen molar-refractivity contribution in [2.24, 2.45) is 0 Å². The number of unbranched alkanes of at least 4 members (excludes halogenated alkanes) is 1. The lowest BCUT2D eigenvalue weighted by Gasteiger charge is -2.10. The molecule has 0 aliphatic heterocycles. The monoisotopic (exact) mass is 587 g/mol. The largest absolute Gasteiger partial charge is 0.453 e. The van der Waals surface area contributed by atoms with Crippen LogP contribution in [-0.2, 0) is 40.1 Å². The number of nitrogens with one attached hydrogen (secondary N) is 3. The predicted molar refractivity (Wildman–Crippen MR) is 160 cm³/mol. The summed E-state index contributed by atoms with van der Waals surface area (Å²) in [7, 11) is 1.31. The number of aromatic nitrogens is 4. The van der Waals surface area contributed by atoms with Gasteiger partial charge in [0.05, 0.1) is 25.1 Å². The molecule has 2 aromatic carbocycles. The van der Waals surface area contributed by atoms with Gasteiger partial charge in [0.15, 0.2) is 5.82 Å². The molecular formula is C30H33N7O4S. The molecule has 4 rings (SSSR count). The van der Waals surface area contributed by atoms with Gasteiger partial charge in [-0.3, -0.25) is 9.59 Å². The minimum absolute atomic E-state index is 0.110. The highest BCUT2D eigenvalue weighted by atomic mass is 32.1. The molecule has 218 valence electrons. The summed E-state index contributed by atoms with van der Waals surface area (Å²) >= 11 is 1.39. The number of ether oxygens (including phenoxy) is 1. The molecule has 2 heterocycles. The van der Waals surface area contributed by atoms with E-state index in [2.05, 4.69) is 41.1 Å². The van der Waals surface area contributed by atoms with Crippen LogP contribution in [0.2, 0.25) is 0 Å². The van der Waals surface area contributed by atoms with Crippen molar-refractivity contribution < 1.29 is 19.1 Å². The molecule has 2 aromatic heterocycles. The molecule has 3 N–H and O–H groups in total. The van der Waals surface area contributed by atoms with E-state index in [-0.39, 0.29) is 24.2 Å². The zero-order valence-corrected chi connectivity index (χ0v) is 24.3. The van der Waals surface area contributed by atoms with Crippen LogP contribution >= 0.6 is 11.3 Å². The third kappa shape index (κ3) is 9.44. The third-order valence-corrected chi connectivity index (χ3v) is 7.33. The van der Waals surface area contributed by atoms with Crippen molar-refractivity contribution in [3.8, 4) is 0 Å². The number of rotatable bonds is 13. The lowest BCUT2D eigenvalue weighted by molar-refractivity contribution is -0.117. The number of hydrogen-bond donors (Lipinski definition) is 3. The van der Waals surface area contributed by atoms with Gasteiger partial charge < -0.3 is 20.7 Å². The van der Waals surface area contributed by atoms with Crippen LogP contribution in [-0.4, -0.2) is 45.4 Å². The molecule has 0 aliphatic rings. The van der Waals surface area contributed by atoms with Gasteiger partial charge >= 0.3 is 6.09 Å². The molecule has 11 nitrogen and oxygen atoms in total. The average Bonchev–Trinajstić information content (AvgIpc) is 3.46. The Bertz CT molecular complexity index is 1480. The van der Waals surface area contributed by atoms with Crippen molar-refractivity contribution in [1.29, 1.82) is 0 Å². The van der Waals surface area contributed by atoms with Crippen molar-refractivity contribution >= 4 is 40.2 Å². The molecule has 0 aliphatic carbocycles. The van der Waals surface area contributed by atoms with Crippen LogP contribution in [0.15, 0.2) is 66.7 Å². The first-order valence-electron chi connectivity index (χ1n) is 13.6. The summed E-state index contributed by atoms with van der Waals surface area (Å²) in [6.07, 6.45) is 2.92. The van der Waals surface area contributed by atoms with E-state index in [1.54, 1.807) is 6.07 Å². The van der Waals surface area contributed by atoms with Crippen molar-refractivity contribution in [3.05, 3.63) is 94.1 Å². The molecular weight excluding hydrogens is 554 g/mol. The second kappa shape index (κ2) is 15.3. The van der Waals surface area contributed by atoms with Gasteiger partial charge in [-0.25, -0.2) is 4.79 Å². The molecule has 4 aromatic rings. The number of nitrogens with zero attached hydrogens (tertiary/aromatic N) is 4. The van der Waals surface area contributed by atoms with E-state index in [9.17, 15) is 14.4 Å². The highest BCUT2D eigenvalue weighted by molar-refractivity contribution is 7.15. The molecule has 0 radical (unpaired) electrons. The van der Waals surface area contributed by atoms with Crippen LogP contribution in [0.3, 0.4) is 0 Å². The minimum atomic E-state index is -0.512. The Morgan fingerprint density at radius 3 is 2.40 bits per heavy atom. The molecule has 0 saturated carbocycles. The zero-order chi connectivity index (χ0) is 29.7. The molecule has 0 fully saturated rings. The number of carbonyl (C=O) groups is 3. The highest BCUT2D eigenvalue weighted by Crippen LogP contribution is 2.21. The van der Waals surface area contributed by atoms with E-state index in [4.69, 9.17) is 0 Å². The SMILES string of the molecule is COC(=O)NCc1cccc(CC(=O)Nc2ccc(CCCCc3nnc(NC(=O)C(C)c4ccccc4)s3)nn2)c1. The van der Waals surface area contributed by atoms with Crippen LogP contribution < -0.4 is 16.0 Å². The molecule has 0 saturated heterocycles. The van der Waals surface area contributed by atoms with Gasteiger partial charge in [0.25, 0.3) is 0 Å². The molecule has 1 atom stereocenters. The summed E-state index contributed by atoms with van der Waals surface area (Å²) in [5, 5.41) is 26.3. The van der Waals surface area contributed by atoms with E-state index >= 15 is 0 Å². The third-order valence-electron chi connectivity index (χ3n) is 6.43. The van der Waals surface area contributed by atoms with Gasteiger partial charge in [0, 0.05) is 13.0 Å². The molecule has 3 amide bonds. The number of methoxy groups -OCH3 is 1. The molecule has 1 unspecified atom stereocenters. The van der Waals surface area contributed by atoms with Crippen LogP contribution in [0.25, 0.3) is 0 Å². The number of carbonyl (C=O) groups excluding carboxylic acids is 3. The first-order chi connectivity index (χ1) is 20.4. The summed E-state index contributed by atoms with van der Waals surface area (Å²) in [5.74, 6) is -0.213. The minimum Gasteiger partial charge on any atom is -0.453 e. The predicted octanol–water partition coefficient (Wildman–Crippen LogP) is 4.67. The fourth-order valence-corrected chi connectivity index (χ4v) is 4.91. The fourth-order valence-electron chi connectivity index (χ4n) is 4.12. The fraction of sp³-hybridized carbons (Fsp3) is 0.300. The van der Waals surface area contributed by atoms with E-state index in [0.717, 1.165) is 53.1 Å². The Hall–Kier alpha value is -4.71. The second-order valence-electron chi connectivity index (χ2n) is 9.63. The number of aryl methyl sites for hydroxylation is 2. The van der Waals surface area contributed by atoms with Gasteiger partial charge in [-0.1, -0.05) is 65.9 Å². The first-order valence-corrected chi connectivity index (χ1v) is 14.4. The van der Waals surface area contributed by atoms with Crippen molar-refractivity contribution in [2.45, 2.75) is 51.5 Å². The van der Waals surface area contributed by atoms with E-state index in [0.29, 0.717) is 17.5 Å². The quantitative estimate of drug-likeness (QED) is 0.191. The van der Waals surface area contributed by atoms with Gasteiger partial charge in [-0.05, 0) is 55.0 Å². The Labute approximate surface area is 248 Å². The second-order valence-corrected chi connectivity index (χ2v) is 10.7. The van der Waals surface area contributed by atoms with Crippen LogP contribution in [0.5, 0.6) is 0 Å². The van der Waals surface area contributed by atoms with Crippen molar-refractivity contribution in [1.82, 2.24) is 25.7 Å². The lowest BCUT2D eigenvalue weighted by Crippen LogP contribution is -2.22. The standard InChI is InChI=1S/C30H33N7O4S/c1-20(23-11-4-3-5-12-23)28(39)33-29-37-36-27(42-29)14-7-6-13-24-15-16-25(35-34-24)32-26(38)18-21-9-8-10-22(17-21)19-31-30(40)41-2/h3-5,8-12,15-17,20H,6-7,13-14,18-19H2,1-2H3,(H,31,40)(H,32,35,38)(H,33,37,39). The Kier molecular flexibility index (Phi) is 11.0. The summed E-state index contributed by atoms with van der Waals surface area (Å²) < 4.78 is 4.57. The number of amides is 3. The normalized spacial score (nSPS) is 11.4. The Morgan fingerprint density at radius 2 is 1.64 bits per heavy atom. The van der Waals surface area contributed by atoms with E-state index in [1.807, 2.05) is 67.6 Å². The van der Waals surface area contributed by atoms with Crippen LogP contribution in [0, 0.1) is 0 Å². The summed E-state index contributed by atoms with van der Waals surface area (Å²) in [6, 6.07) is 20.6. The number of benzene rings is 2. The van der Waals surface area contributed by atoms with Gasteiger partial charge in [0.2, 0.25) is 16.9 Å². The number of alkyl carbamates (subject to hydrolysis) is 1. The highest BCUT2D eigenvalue weighted by Gasteiger charge is 2.17. The lowest BCUT2D eigenvalue weighted by atomic mass is 10.0. The maximum absolute atomic E-state index is 12.5. The zero-order valence-electron chi connectivity index (χ0n) is 23.5. The summed E-state index contributed by atoms with van der Waals surface area (Å²) in [6.45, 7) is 2.18. The van der Waals surface area contributed by atoms with Gasteiger partial charge in [-0.2, -0.15) is 5.10 Å². The smallest absolute Gasteiger partial charge is 0.407 e. The van der Waals surface area contributed by atoms with Gasteiger partial charge in [-0.15, -0.1) is 15.3 Å². The number of anilines is 2. The molecule has 0 spiro atoms. The Morgan fingerprint density at radius 1 is 0.857 bits per heavy atom. The van der Waals surface area contributed by atoms with E-state index in [1.165, 1.54) is 18.4 Å². The first kappa shape index (κ1) is 30.3. The average molecular weight is 588 g/mol. The number of hydrogen-bond acceptors (Lipinski definition) is 9. The van der Waals surface area contributed by atoms with E-state index < -0.39 is 6.09 Å². The van der Waals surface area contributed by atoms with Crippen molar-refractivity contribution in [3.63, 3.8) is 0 Å². The molecule has 0 bridgehead atoms. The van der Waals surface area contributed by atoms with Crippen molar-refractivity contribution in [2.75, 3.05) is 17.7 Å². The maximum Gasteiger partial charge on any atom is 0.407 e. The van der Waals surface area contributed by atoms with Crippen LogP contribution in [0.1, 0.15) is 53.1 Å². The topological polar surface area (TPSA) is 148 Å². The van der Waals surface area contributed by atoms with Gasteiger partial charge in [0.1, 0.15) is 5.01 Å². The maximum atomic E-state index is 12.5. The molecule has 42 heavy (non-hydrogen) atoms. The van der Waals surface area contributed by atoms with Crippen LogP contribution in [0.4, 0.5) is 15.7 Å². The molecule has 12 heteroatoms. The summed E-state index contributed by atoms with van der Waals surface area (Å²) in [5.41, 5.74) is 3.46. The Balaban J connectivity index is 1.16. The summed E-state index contributed by atoms with van der Waals surface area (Å²) in [4.78, 5) is 36.3.